The van der Waals surface area contributed by atoms with Crippen LogP contribution in [0.25, 0.3) is 5.95 Å². The molecule has 18 heavy (non-hydrogen) atoms. The van der Waals surface area contributed by atoms with Gasteiger partial charge in [-0.25, -0.2) is 15.0 Å². The Morgan fingerprint density at radius 1 is 1.28 bits per heavy atom. The van der Waals surface area contributed by atoms with E-state index in [0.29, 0.717) is 12.0 Å². The van der Waals surface area contributed by atoms with Crippen molar-refractivity contribution < 1.29 is 0 Å². The maximum atomic E-state index is 4.33. The van der Waals surface area contributed by atoms with E-state index in [9.17, 15) is 0 Å². The van der Waals surface area contributed by atoms with Gasteiger partial charge >= 0.3 is 0 Å². The monoisotopic (exact) mass is 244 g/mol. The van der Waals surface area contributed by atoms with Gasteiger partial charge in [-0.15, -0.1) is 5.10 Å². The molecule has 0 aromatic carbocycles. The maximum Gasteiger partial charge on any atom is 0.252 e. The number of aryl methyl sites for hydroxylation is 2. The lowest BCUT2D eigenvalue weighted by molar-refractivity contribution is 0.679. The van der Waals surface area contributed by atoms with Crippen molar-refractivity contribution in [1.29, 1.82) is 0 Å². The molecule has 0 atom stereocenters. The van der Waals surface area contributed by atoms with E-state index in [1.165, 1.54) is 12.8 Å². The molecule has 0 unspecified atom stereocenters. The first kappa shape index (κ1) is 11.3. The summed E-state index contributed by atoms with van der Waals surface area (Å²) in [5.41, 5.74) is 1.10. The normalized spacial score (nSPS) is 15.0. The lowest BCUT2D eigenvalue weighted by Gasteiger charge is -2.04. The summed E-state index contributed by atoms with van der Waals surface area (Å²) in [4.78, 5) is 12.9. The third kappa shape index (κ3) is 2.38. The maximum absolute atomic E-state index is 4.33. The number of rotatable bonds is 4. The highest BCUT2D eigenvalue weighted by atomic mass is 15.4. The summed E-state index contributed by atoms with van der Waals surface area (Å²) in [7, 11) is 0. The Bertz CT molecular complexity index is 540. The van der Waals surface area contributed by atoms with Crippen molar-refractivity contribution in [3.63, 3.8) is 0 Å². The second-order valence-corrected chi connectivity index (χ2v) is 4.66. The van der Waals surface area contributed by atoms with E-state index in [1.54, 1.807) is 4.68 Å². The fraction of sp³-hybridized carbons (Fsp3) is 0.500. The second kappa shape index (κ2) is 4.45. The summed E-state index contributed by atoms with van der Waals surface area (Å²) in [6.07, 6.45) is 6.26. The topological polar surface area (TPSA) is 68.5 Å². The molecule has 6 heteroatoms. The van der Waals surface area contributed by atoms with Crippen molar-refractivity contribution in [3.05, 3.63) is 29.6 Å². The first-order chi connectivity index (χ1) is 8.72. The molecular formula is C12H16N6. The predicted octanol–water partition coefficient (Wildman–Crippen LogP) is 0.926. The highest BCUT2D eigenvalue weighted by Crippen LogP contribution is 2.19. The van der Waals surface area contributed by atoms with Gasteiger partial charge in [-0.1, -0.05) is 0 Å². The Kier molecular flexibility index (Phi) is 2.79. The summed E-state index contributed by atoms with van der Waals surface area (Å²) >= 11 is 0. The van der Waals surface area contributed by atoms with Gasteiger partial charge in [0.05, 0.1) is 0 Å². The van der Waals surface area contributed by atoms with Crippen LogP contribution in [0.2, 0.25) is 0 Å². The Labute approximate surface area is 105 Å². The summed E-state index contributed by atoms with van der Waals surface area (Å²) in [6.45, 7) is 4.59. The van der Waals surface area contributed by atoms with E-state index >= 15 is 0 Å². The minimum absolute atomic E-state index is 0.572. The zero-order chi connectivity index (χ0) is 12.5. The molecular weight excluding hydrogens is 228 g/mol. The number of hydrogen-bond acceptors (Lipinski definition) is 5. The molecule has 0 spiro atoms. The van der Waals surface area contributed by atoms with Crippen molar-refractivity contribution in [2.75, 3.05) is 0 Å². The van der Waals surface area contributed by atoms with Crippen LogP contribution in [0.5, 0.6) is 0 Å². The average Bonchev–Trinajstić information content (AvgIpc) is 3.13. The molecule has 1 fully saturated rings. The molecule has 1 saturated carbocycles. The molecule has 1 aliphatic carbocycles. The van der Waals surface area contributed by atoms with Crippen LogP contribution < -0.4 is 5.32 Å². The van der Waals surface area contributed by atoms with Crippen LogP contribution in [-0.4, -0.2) is 30.8 Å². The van der Waals surface area contributed by atoms with E-state index in [0.717, 1.165) is 23.8 Å². The number of aromatic nitrogens is 5. The molecule has 2 aromatic rings. The van der Waals surface area contributed by atoms with Gasteiger partial charge in [0.1, 0.15) is 11.6 Å². The number of nitrogens with one attached hydrogen (secondary N) is 1. The Hall–Kier alpha value is -1.82. The number of hydrogen-bond donors (Lipinski definition) is 1. The quantitative estimate of drug-likeness (QED) is 0.866. The van der Waals surface area contributed by atoms with E-state index in [4.69, 9.17) is 0 Å². The lowest BCUT2D eigenvalue weighted by atomic mass is 10.3. The summed E-state index contributed by atoms with van der Waals surface area (Å²) in [5.74, 6) is 2.11. The summed E-state index contributed by atoms with van der Waals surface area (Å²) in [6, 6.07) is 0.699. The lowest BCUT2D eigenvalue weighted by Crippen LogP contribution is -2.16. The van der Waals surface area contributed by atoms with Crippen LogP contribution >= 0.6 is 0 Å². The Morgan fingerprint density at radius 2 is 2.00 bits per heavy atom. The Morgan fingerprint density at radius 3 is 2.56 bits per heavy atom. The van der Waals surface area contributed by atoms with E-state index in [2.05, 4.69) is 25.4 Å². The first-order valence-corrected chi connectivity index (χ1v) is 6.17. The van der Waals surface area contributed by atoms with Gasteiger partial charge in [-0.05, 0) is 26.7 Å². The predicted molar refractivity (Wildman–Crippen MR) is 66.3 cm³/mol. The second-order valence-electron chi connectivity index (χ2n) is 4.66. The molecule has 0 bridgehead atoms. The molecule has 3 rings (SSSR count). The van der Waals surface area contributed by atoms with Crippen LogP contribution in [0, 0.1) is 13.8 Å². The van der Waals surface area contributed by atoms with Crippen molar-refractivity contribution in [3.8, 4) is 5.95 Å². The fourth-order valence-electron chi connectivity index (χ4n) is 1.81. The van der Waals surface area contributed by atoms with E-state index in [1.807, 2.05) is 26.2 Å². The zero-order valence-electron chi connectivity index (χ0n) is 10.6. The third-order valence-corrected chi connectivity index (χ3v) is 2.93. The molecule has 1 aliphatic rings. The SMILES string of the molecule is Cc1nc(C)n(-c2ncc(CNC3CC3)cn2)n1. The van der Waals surface area contributed by atoms with Crippen LogP contribution in [0.15, 0.2) is 12.4 Å². The van der Waals surface area contributed by atoms with Crippen LogP contribution in [0.3, 0.4) is 0 Å². The van der Waals surface area contributed by atoms with Crippen LogP contribution in [-0.2, 0) is 6.54 Å². The van der Waals surface area contributed by atoms with E-state index < -0.39 is 0 Å². The Balaban J connectivity index is 1.75. The highest BCUT2D eigenvalue weighted by molar-refractivity contribution is 5.15. The zero-order valence-corrected chi connectivity index (χ0v) is 10.6. The van der Waals surface area contributed by atoms with Crippen LogP contribution in [0.4, 0.5) is 0 Å². The van der Waals surface area contributed by atoms with Crippen molar-refractivity contribution in [1.82, 2.24) is 30.0 Å². The van der Waals surface area contributed by atoms with Gasteiger partial charge in [0.25, 0.3) is 5.95 Å². The molecule has 2 aromatic heterocycles. The molecule has 0 saturated heterocycles. The molecule has 1 N–H and O–H groups in total. The molecule has 6 nitrogen and oxygen atoms in total. The standard InChI is InChI=1S/C12H16N6/c1-8-16-9(2)18(17-8)12-14-6-10(7-15-12)5-13-11-3-4-11/h6-7,11,13H,3-5H2,1-2H3. The molecule has 2 heterocycles. The molecule has 94 valence electrons. The van der Waals surface area contributed by atoms with Crippen molar-refractivity contribution >= 4 is 0 Å². The first-order valence-electron chi connectivity index (χ1n) is 6.17. The third-order valence-electron chi connectivity index (χ3n) is 2.93. The minimum atomic E-state index is 0.572. The van der Waals surface area contributed by atoms with Gasteiger partial charge in [-0.2, -0.15) is 4.68 Å². The average molecular weight is 244 g/mol. The van der Waals surface area contributed by atoms with Gasteiger partial charge in [0.15, 0.2) is 0 Å². The van der Waals surface area contributed by atoms with Crippen molar-refractivity contribution in [2.45, 2.75) is 39.3 Å². The van der Waals surface area contributed by atoms with Gasteiger partial charge in [0.2, 0.25) is 0 Å². The summed E-state index contributed by atoms with van der Waals surface area (Å²) in [5, 5.41) is 7.69. The van der Waals surface area contributed by atoms with Gasteiger partial charge in [0, 0.05) is 30.5 Å². The smallest absolute Gasteiger partial charge is 0.252 e. The molecule has 0 radical (unpaired) electrons. The van der Waals surface area contributed by atoms with Crippen LogP contribution in [0.1, 0.15) is 30.1 Å². The van der Waals surface area contributed by atoms with Crippen molar-refractivity contribution in [2.24, 2.45) is 0 Å². The number of nitrogens with zero attached hydrogens (tertiary/aromatic N) is 5. The minimum Gasteiger partial charge on any atom is -0.310 e. The highest BCUT2D eigenvalue weighted by Gasteiger charge is 2.20. The largest absolute Gasteiger partial charge is 0.310 e. The van der Waals surface area contributed by atoms with Gasteiger partial charge in [-0.3, -0.25) is 0 Å². The molecule has 0 amide bonds. The van der Waals surface area contributed by atoms with E-state index in [-0.39, 0.29) is 0 Å². The fourth-order valence-corrected chi connectivity index (χ4v) is 1.81. The molecule has 0 aliphatic heterocycles. The van der Waals surface area contributed by atoms with Gasteiger partial charge < -0.3 is 5.32 Å². The summed E-state index contributed by atoms with van der Waals surface area (Å²) < 4.78 is 1.66.